The molecule has 0 amide bonds. The molecule has 4 heteroatoms. The predicted molar refractivity (Wildman–Crippen MR) is 117 cm³/mol. The van der Waals surface area contributed by atoms with Crippen LogP contribution < -0.4 is 17.0 Å². The summed E-state index contributed by atoms with van der Waals surface area (Å²) in [6.45, 7) is 0. The molecule has 1 atom stereocenters. The van der Waals surface area contributed by atoms with Crippen molar-refractivity contribution in [1.29, 1.82) is 0 Å². The number of ether oxygens (including phenoxy) is 1. The average molecular weight is 523 g/mol. The third-order valence-electron chi connectivity index (χ3n) is 5.79. The molecule has 0 radical (unpaired) electrons. The van der Waals surface area contributed by atoms with Crippen LogP contribution in [0.25, 0.3) is 23.0 Å². The summed E-state index contributed by atoms with van der Waals surface area (Å²) in [5.41, 5.74) is 6.83. The zero-order valence-corrected chi connectivity index (χ0v) is 19.8. The van der Waals surface area contributed by atoms with E-state index in [4.69, 9.17) is 13.6 Å². The molecule has 1 unspecified atom stereocenters. The Morgan fingerprint density at radius 1 is 0.929 bits per heavy atom. The minimum absolute atomic E-state index is 0.0249. The van der Waals surface area contributed by atoms with Crippen LogP contribution in [-0.4, -0.2) is 5.01 Å². The number of hydrogen-bond acceptors (Lipinski definition) is 2. The van der Waals surface area contributed by atoms with Gasteiger partial charge in [-0.05, 0) is 0 Å². The molecule has 2 aliphatic carbocycles. The number of hydrogen-bond donors (Lipinski definition) is 0. The van der Waals surface area contributed by atoms with Crippen molar-refractivity contribution < 1.29 is 24.4 Å². The van der Waals surface area contributed by atoms with Crippen LogP contribution in [0.3, 0.4) is 0 Å². The summed E-state index contributed by atoms with van der Waals surface area (Å²) in [4.78, 5) is 0. The van der Waals surface area contributed by atoms with Gasteiger partial charge in [0.25, 0.3) is 0 Å². The zero-order chi connectivity index (χ0) is 18.8. The van der Waals surface area contributed by atoms with E-state index >= 15 is 0 Å². The van der Waals surface area contributed by atoms with Crippen molar-refractivity contribution in [1.82, 2.24) is 0 Å². The van der Waals surface area contributed by atoms with Crippen LogP contribution in [0.2, 0.25) is 0 Å². The molecule has 1 heterocycles. The zero-order valence-electron chi connectivity index (χ0n) is 14.9. The van der Waals surface area contributed by atoms with Crippen LogP contribution in [0, 0.1) is 0 Å². The van der Waals surface area contributed by atoms with Gasteiger partial charge >= 0.3 is 184 Å². The summed E-state index contributed by atoms with van der Waals surface area (Å²) in [6.07, 6.45) is 5.41. The maximum absolute atomic E-state index is 6.32. The van der Waals surface area contributed by atoms with Gasteiger partial charge in [0, 0.05) is 0 Å². The predicted octanol–water partition coefficient (Wildman–Crippen LogP) is 3.52. The Hall–Kier alpha value is -1.48. The molecule has 134 valence electrons. The second-order valence-electron chi connectivity index (χ2n) is 7.33. The van der Waals surface area contributed by atoms with Gasteiger partial charge < -0.3 is 0 Å². The van der Waals surface area contributed by atoms with Crippen LogP contribution in [0.4, 0.5) is 0 Å². The molecule has 3 aliphatic rings. The standard InChI is InChI=1S/C13H9.C11H6BrO.S.Zr/c1-3-7-12-10(5-1)9-11-6-2-4-8-13(11)12;12-10-6-8-5-7-3-1-2-4-9(7)11(8)13-10;;/h1-5,7-8H,9H2;1-2,4-6,10H;;. The summed E-state index contributed by atoms with van der Waals surface area (Å²) in [5, 5.41) is 2.47. The molecule has 0 aromatic heterocycles. The molecular weight excluding hydrogens is 507 g/mol. The first kappa shape index (κ1) is 17.4. The average Bonchev–Trinajstić information content (AvgIpc) is 3.36. The van der Waals surface area contributed by atoms with Crippen LogP contribution in [0.15, 0.2) is 72.3 Å². The van der Waals surface area contributed by atoms with Gasteiger partial charge in [-0.25, -0.2) is 0 Å². The van der Waals surface area contributed by atoms with Crippen molar-refractivity contribution >= 4 is 43.2 Å². The van der Waals surface area contributed by atoms with Crippen molar-refractivity contribution in [3.05, 3.63) is 93.9 Å². The second kappa shape index (κ2) is 6.52. The van der Waals surface area contributed by atoms with Crippen molar-refractivity contribution in [2.75, 3.05) is 0 Å². The van der Waals surface area contributed by atoms with E-state index in [2.05, 4.69) is 88.7 Å². The number of benzene rings is 3. The second-order valence-corrected chi connectivity index (χ2v) is 14.9. The Morgan fingerprint density at radius 2 is 1.71 bits per heavy atom. The van der Waals surface area contributed by atoms with Crippen molar-refractivity contribution in [3.63, 3.8) is 0 Å². The van der Waals surface area contributed by atoms with E-state index in [0.29, 0.717) is 0 Å². The van der Waals surface area contributed by atoms with Gasteiger partial charge in [-0.2, -0.15) is 0 Å². The number of alkyl halides is 1. The maximum atomic E-state index is 6.32. The number of fused-ring (bicyclic) bond motifs is 5. The Balaban J connectivity index is 1.53. The molecule has 0 fully saturated rings. The summed E-state index contributed by atoms with van der Waals surface area (Å²) in [6, 6.07) is 22.1. The topological polar surface area (TPSA) is 9.23 Å². The monoisotopic (exact) mass is 520 g/mol. The Morgan fingerprint density at radius 3 is 2.64 bits per heavy atom. The van der Waals surface area contributed by atoms with Crippen LogP contribution >= 0.6 is 24.8 Å². The summed E-state index contributed by atoms with van der Waals surface area (Å²) >= 11 is 1.08. The van der Waals surface area contributed by atoms with Crippen molar-refractivity contribution in [3.8, 4) is 11.1 Å². The number of rotatable bonds is 2. The third-order valence-corrected chi connectivity index (χ3v) is 13.5. The van der Waals surface area contributed by atoms with E-state index in [1.54, 1.807) is 0 Å². The molecular formula is C24H15BrOSZr. The first-order chi connectivity index (χ1) is 13.7. The van der Waals surface area contributed by atoms with Gasteiger partial charge in [-0.3, -0.25) is 0 Å². The van der Waals surface area contributed by atoms with Gasteiger partial charge in [0.05, 0.1) is 0 Å². The molecule has 1 aliphatic heterocycles. The van der Waals surface area contributed by atoms with E-state index in [1.807, 2.05) is 0 Å². The summed E-state index contributed by atoms with van der Waals surface area (Å²) in [7, 11) is 6.32. The van der Waals surface area contributed by atoms with E-state index in [9.17, 15) is 0 Å². The normalized spacial score (nSPS) is 17.8. The molecule has 28 heavy (non-hydrogen) atoms. The molecule has 0 saturated heterocycles. The molecule has 0 bridgehead atoms. The number of halogens is 1. The van der Waals surface area contributed by atoms with E-state index in [0.717, 1.165) is 12.2 Å². The van der Waals surface area contributed by atoms with Gasteiger partial charge in [0.15, 0.2) is 0 Å². The van der Waals surface area contributed by atoms with Gasteiger partial charge in [-0.15, -0.1) is 0 Å². The van der Waals surface area contributed by atoms with Crippen LogP contribution in [0.5, 0.6) is 0 Å². The van der Waals surface area contributed by atoms with Crippen LogP contribution in [0.1, 0.15) is 11.1 Å². The van der Waals surface area contributed by atoms with E-state index in [-0.39, 0.29) is 5.01 Å². The quantitative estimate of drug-likeness (QED) is 0.373. The van der Waals surface area contributed by atoms with Gasteiger partial charge in [-0.1, -0.05) is 0 Å². The first-order valence-electron chi connectivity index (χ1n) is 9.33. The van der Waals surface area contributed by atoms with E-state index < -0.39 is 19.7 Å². The Bertz CT molecular complexity index is 1360. The molecule has 0 N–H and O–H groups in total. The van der Waals surface area contributed by atoms with E-state index in [1.165, 1.54) is 44.8 Å². The molecule has 0 saturated carbocycles. The Kier molecular flexibility index (Phi) is 4.05. The molecule has 3 aromatic rings. The fourth-order valence-electron chi connectivity index (χ4n) is 4.55. The Labute approximate surface area is 182 Å². The van der Waals surface area contributed by atoms with Crippen molar-refractivity contribution in [2.24, 2.45) is 0 Å². The minimum atomic E-state index is -2.45. The first-order valence-corrected chi connectivity index (χ1v) is 16.1. The van der Waals surface area contributed by atoms with Crippen molar-refractivity contribution in [2.45, 2.75) is 11.4 Å². The summed E-state index contributed by atoms with van der Waals surface area (Å²) in [5.74, 6) is 0.996. The molecule has 1 nitrogen and oxygen atoms in total. The van der Waals surface area contributed by atoms with Gasteiger partial charge in [0.1, 0.15) is 0 Å². The SMILES string of the molecule is [S]=[Zr]([c]1cccc2c1Cc1ccccc1-2)[c]1cccc2c1=CC1=CC(Br)OC=21. The summed E-state index contributed by atoms with van der Waals surface area (Å²) < 4.78 is 8.80. The van der Waals surface area contributed by atoms with Crippen LogP contribution in [-0.2, 0) is 30.9 Å². The third kappa shape index (κ3) is 2.51. The van der Waals surface area contributed by atoms with Gasteiger partial charge in [0.2, 0.25) is 0 Å². The fourth-order valence-corrected chi connectivity index (χ4v) is 11.5. The molecule has 6 rings (SSSR count). The molecule has 3 aromatic carbocycles. The molecule has 0 spiro atoms. The fraction of sp³-hybridized carbons (Fsp3) is 0.0833.